The maximum atomic E-state index is 12.9. The van der Waals surface area contributed by atoms with Crippen molar-refractivity contribution in [2.45, 2.75) is 55.7 Å². The van der Waals surface area contributed by atoms with Gasteiger partial charge in [-0.25, -0.2) is 17.8 Å². The van der Waals surface area contributed by atoms with Crippen LogP contribution in [0.3, 0.4) is 0 Å². The van der Waals surface area contributed by atoms with Crippen LogP contribution in [0.1, 0.15) is 56.2 Å². The lowest BCUT2D eigenvalue weighted by atomic mass is 9.90. The number of benzene rings is 2. The molecule has 0 heterocycles. The second kappa shape index (κ2) is 9.36. The van der Waals surface area contributed by atoms with Gasteiger partial charge in [0.05, 0.1) is 21.4 Å². The largest absolute Gasteiger partial charge is 0.355 e. The van der Waals surface area contributed by atoms with E-state index in [2.05, 4.69) is 15.7 Å². The first-order chi connectivity index (χ1) is 14.3. The highest BCUT2D eigenvalue weighted by molar-refractivity contribution is 7.91. The van der Waals surface area contributed by atoms with Crippen LogP contribution in [0, 0.1) is 11.3 Å². The molecule has 0 aliphatic carbocycles. The maximum Gasteiger partial charge on any atom is 0.233 e. The standard InChI is InChI=1S/C21H28N4O4S2/c1-13(2)18-10-15(12-22)11-19(14(3)4)20(18)24-21(26)25-31(23,29)17-8-6-16(7-9-17)30(5,27)28/h6-11,13-14,21,24,26H,1-5H3,(H2,23,25,29). The molecule has 31 heavy (non-hydrogen) atoms. The van der Waals surface area contributed by atoms with Crippen LogP contribution in [0.5, 0.6) is 0 Å². The fourth-order valence-electron chi connectivity index (χ4n) is 3.08. The molecule has 0 bridgehead atoms. The molecule has 10 heteroatoms. The smallest absolute Gasteiger partial charge is 0.233 e. The third-order valence-corrected chi connectivity index (χ3v) is 7.28. The Balaban J connectivity index is 2.47. The van der Waals surface area contributed by atoms with Gasteiger partial charge in [0.25, 0.3) is 0 Å². The Morgan fingerprint density at radius 2 is 1.45 bits per heavy atom. The average Bonchev–Trinajstić information content (AvgIpc) is 2.66. The number of nitrogens with two attached hydrogens (primary N) is 1. The molecule has 2 unspecified atom stereocenters. The van der Waals surface area contributed by atoms with Gasteiger partial charge in [-0.3, -0.25) is 0 Å². The lowest BCUT2D eigenvalue weighted by molar-refractivity contribution is 0.215. The van der Waals surface area contributed by atoms with E-state index in [0.717, 1.165) is 17.4 Å². The van der Waals surface area contributed by atoms with E-state index in [0.29, 0.717) is 11.3 Å². The van der Waals surface area contributed by atoms with Crippen LogP contribution in [0.2, 0.25) is 0 Å². The molecular weight excluding hydrogens is 436 g/mol. The quantitative estimate of drug-likeness (QED) is 0.536. The van der Waals surface area contributed by atoms with Gasteiger partial charge in [0.2, 0.25) is 6.35 Å². The Bertz CT molecular complexity index is 1190. The third kappa shape index (κ3) is 6.04. The molecule has 0 amide bonds. The highest BCUT2D eigenvalue weighted by Gasteiger charge is 2.19. The summed E-state index contributed by atoms with van der Waals surface area (Å²) < 4.78 is 39.9. The van der Waals surface area contributed by atoms with Gasteiger partial charge < -0.3 is 10.4 Å². The molecule has 0 radical (unpaired) electrons. The molecule has 0 fully saturated rings. The second-order valence-corrected chi connectivity index (χ2v) is 11.7. The predicted molar refractivity (Wildman–Crippen MR) is 122 cm³/mol. The first-order valence-corrected chi connectivity index (χ1v) is 13.1. The van der Waals surface area contributed by atoms with Crippen LogP contribution in [0.25, 0.3) is 0 Å². The number of sulfone groups is 1. The zero-order valence-corrected chi connectivity index (χ0v) is 19.8. The zero-order chi connectivity index (χ0) is 23.6. The fraction of sp³-hybridized carbons (Fsp3) is 0.381. The molecule has 168 valence electrons. The van der Waals surface area contributed by atoms with Crippen molar-refractivity contribution in [2.75, 3.05) is 11.6 Å². The lowest BCUT2D eigenvalue weighted by Gasteiger charge is -2.23. The minimum atomic E-state index is -3.51. The number of aliphatic hydroxyl groups is 1. The Labute approximate surface area is 184 Å². The van der Waals surface area contributed by atoms with E-state index < -0.39 is 26.1 Å². The van der Waals surface area contributed by atoms with Gasteiger partial charge in [0.15, 0.2) is 9.84 Å². The molecule has 0 spiro atoms. The normalized spacial score (nSPS) is 14.7. The van der Waals surface area contributed by atoms with Gasteiger partial charge >= 0.3 is 0 Å². The highest BCUT2D eigenvalue weighted by atomic mass is 32.2. The van der Waals surface area contributed by atoms with Crippen LogP contribution in [-0.4, -0.2) is 30.3 Å². The third-order valence-electron chi connectivity index (χ3n) is 4.69. The van der Waals surface area contributed by atoms with E-state index in [4.69, 9.17) is 5.14 Å². The molecule has 0 saturated heterocycles. The van der Waals surface area contributed by atoms with Gasteiger partial charge in [-0.05, 0) is 59.4 Å². The fourth-order valence-corrected chi connectivity index (χ4v) is 4.70. The van der Waals surface area contributed by atoms with E-state index in [1.165, 1.54) is 24.3 Å². The Morgan fingerprint density at radius 1 is 1.00 bits per heavy atom. The molecule has 0 aliphatic heterocycles. The predicted octanol–water partition coefficient (Wildman–Crippen LogP) is 3.30. The number of hydrogen-bond acceptors (Lipinski definition) is 7. The number of nitriles is 1. The van der Waals surface area contributed by atoms with Crippen molar-refractivity contribution < 1.29 is 17.7 Å². The molecule has 2 rings (SSSR count). The van der Waals surface area contributed by atoms with Crippen molar-refractivity contribution in [3.63, 3.8) is 0 Å². The molecule has 4 N–H and O–H groups in total. The molecule has 2 aromatic rings. The van der Waals surface area contributed by atoms with Gasteiger partial charge in [0.1, 0.15) is 9.92 Å². The average molecular weight is 465 g/mol. The summed E-state index contributed by atoms with van der Waals surface area (Å²) in [7, 11) is -6.91. The molecule has 8 nitrogen and oxygen atoms in total. The lowest BCUT2D eigenvalue weighted by Crippen LogP contribution is -2.24. The van der Waals surface area contributed by atoms with Crippen molar-refractivity contribution in [1.29, 1.82) is 5.26 Å². The first kappa shape index (κ1) is 24.8. The van der Waals surface area contributed by atoms with Crippen LogP contribution < -0.4 is 10.5 Å². The van der Waals surface area contributed by atoms with Crippen molar-refractivity contribution >= 4 is 25.4 Å². The summed E-state index contributed by atoms with van der Waals surface area (Å²) in [5.74, 6) is 0.0949. The summed E-state index contributed by atoms with van der Waals surface area (Å²) in [5, 5.41) is 28.6. The number of aliphatic hydroxyl groups excluding tert-OH is 1. The van der Waals surface area contributed by atoms with E-state index in [1.807, 2.05) is 27.7 Å². The van der Waals surface area contributed by atoms with Crippen molar-refractivity contribution in [2.24, 2.45) is 9.50 Å². The van der Waals surface area contributed by atoms with Gasteiger partial charge in [-0.15, -0.1) is 0 Å². The Morgan fingerprint density at radius 3 is 1.84 bits per heavy atom. The van der Waals surface area contributed by atoms with Crippen LogP contribution in [0.4, 0.5) is 5.69 Å². The van der Waals surface area contributed by atoms with Crippen LogP contribution >= 0.6 is 0 Å². The summed E-state index contributed by atoms with van der Waals surface area (Å²) in [6.07, 6.45) is -0.522. The van der Waals surface area contributed by atoms with Crippen molar-refractivity contribution in [1.82, 2.24) is 0 Å². The topological polar surface area (TPSA) is 146 Å². The Kier molecular flexibility index (Phi) is 7.49. The number of hydrogen-bond donors (Lipinski definition) is 3. The van der Waals surface area contributed by atoms with Gasteiger partial charge in [-0.1, -0.05) is 27.7 Å². The summed E-state index contributed by atoms with van der Waals surface area (Å²) >= 11 is 0. The molecular formula is C21H28N4O4S2. The number of anilines is 1. The summed E-state index contributed by atoms with van der Waals surface area (Å²) in [6, 6.07) is 10.9. The minimum Gasteiger partial charge on any atom is -0.355 e. The van der Waals surface area contributed by atoms with Gasteiger partial charge in [-0.2, -0.15) is 9.62 Å². The number of nitrogens with zero attached hydrogens (tertiary/aromatic N) is 2. The molecule has 2 aromatic carbocycles. The van der Waals surface area contributed by atoms with E-state index in [1.54, 1.807) is 12.1 Å². The molecule has 2 atom stereocenters. The van der Waals surface area contributed by atoms with E-state index in [-0.39, 0.29) is 21.6 Å². The van der Waals surface area contributed by atoms with Crippen molar-refractivity contribution in [3.05, 3.63) is 53.1 Å². The molecule has 0 aliphatic rings. The summed E-state index contributed by atoms with van der Waals surface area (Å²) in [6.45, 7) is 7.85. The number of nitrogens with one attached hydrogen (secondary N) is 1. The maximum absolute atomic E-state index is 12.9. The summed E-state index contributed by atoms with van der Waals surface area (Å²) in [4.78, 5) is 0.152. The SMILES string of the molecule is CC(C)c1cc(C#N)cc(C(C)C)c1NC(O)N=S(N)(=O)c1ccc(S(C)(=O)=O)cc1. The number of rotatable bonds is 7. The van der Waals surface area contributed by atoms with Gasteiger partial charge in [0, 0.05) is 11.9 Å². The van der Waals surface area contributed by atoms with E-state index >= 15 is 0 Å². The molecule has 0 saturated carbocycles. The minimum absolute atomic E-state index is 0.0475. The summed E-state index contributed by atoms with van der Waals surface area (Å²) in [5.41, 5.74) is 2.76. The molecule has 0 aromatic heterocycles. The zero-order valence-electron chi connectivity index (χ0n) is 18.2. The van der Waals surface area contributed by atoms with Crippen molar-refractivity contribution in [3.8, 4) is 6.07 Å². The second-order valence-electron chi connectivity index (χ2n) is 7.89. The van der Waals surface area contributed by atoms with E-state index in [9.17, 15) is 23.0 Å². The Hall–Kier alpha value is -2.45. The van der Waals surface area contributed by atoms with Crippen LogP contribution in [0.15, 0.2) is 50.6 Å². The first-order valence-electron chi connectivity index (χ1n) is 9.63. The van der Waals surface area contributed by atoms with Crippen LogP contribution in [-0.2, 0) is 19.8 Å². The monoisotopic (exact) mass is 464 g/mol. The highest BCUT2D eigenvalue weighted by Crippen LogP contribution is 2.34.